The van der Waals surface area contributed by atoms with Gasteiger partial charge in [-0.25, -0.2) is 4.79 Å². The highest BCUT2D eigenvalue weighted by Gasteiger charge is 2.17. The Kier molecular flexibility index (Phi) is 5.54. The molecule has 0 aromatic carbocycles. The van der Waals surface area contributed by atoms with E-state index >= 15 is 0 Å². The van der Waals surface area contributed by atoms with E-state index in [0.717, 1.165) is 17.1 Å². The van der Waals surface area contributed by atoms with Gasteiger partial charge in [-0.05, 0) is 20.8 Å². The molecule has 1 unspecified atom stereocenters. The number of nitrogens with zero attached hydrogens (tertiary/aromatic N) is 2. The fraction of sp³-hybridized carbons (Fsp3) is 0.615. The minimum Gasteiger partial charge on any atom is -0.428 e. The Morgan fingerprint density at radius 2 is 1.74 bits per heavy atom. The van der Waals surface area contributed by atoms with Crippen LogP contribution in [0.4, 0.5) is 4.79 Å². The maximum Gasteiger partial charge on any atom is 0.510 e. The molecule has 1 aromatic heterocycles. The molecule has 1 heterocycles. The van der Waals surface area contributed by atoms with E-state index in [2.05, 4.69) is 9.97 Å². The average molecular weight is 287 g/mol. The zero-order chi connectivity index (χ0) is 14.6. The summed E-state index contributed by atoms with van der Waals surface area (Å²) in [5, 5.41) is 0. The molecule has 0 aliphatic heterocycles. The Hall–Kier alpha value is -1.36. The number of hydrogen-bond donors (Lipinski definition) is 0. The van der Waals surface area contributed by atoms with E-state index in [0.29, 0.717) is 5.69 Å². The summed E-state index contributed by atoms with van der Waals surface area (Å²) in [7, 11) is 0. The normalized spacial score (nSPS) is 12.4. The number of carbonyl (C=O) groups is 1. The van der Waals surface area contributed by atoms with Crippen molar-refractivity contribution < 1.29 is 14.3 Å². The topological polar surface area (TPSA) is 61.3 Å². The molecule has 1 rings (SSSR count). The number of ether oxygens (including phenoxy) is 2. The second kappa shape index (κ2) is 6.70. The van der Waals surface area contributed by atoms with Gasteiger partial charge in [0.1, 0.15) is 6.61 Å². The highest BCUT2D eigenvalue weighted by molar-refractivity contribution is 6.20. The van der Waals surface area contributed by atoms with E-state index in [-0.39, 0.29) is 12.5 Å². The van der Waals surface area contributed by atoms with Crippen molar-refractivity contribution in [2.45, 2.75) is 46.8 Å². The zero-order valence-electron chi connectivity index (χ0n) is 11.9. The van der Waals surface area contributed by atoms with Crippen molar-refractivity contribution >= 4 is 17.8 Å². The molecule has 1 atom stereocenters. The van der Waals surface area contributed by atoms with Crippen molar-refractivity contribution in [3.05, 3.63) is 22.8 Å². The number of alkyl halides is 1. The lowest BCUT2D eigenvalue weighted by Gasteiger charge is -2.14. The van der Waals surface area contributed by atoms with Gasteiger partial charge in [0.05, 0.1) is 22.8 Å². The molecule has 5 nitrogen and oxygen atoms in total. The molecular weight excluding hydrogens is 268 g/mol. The lowest BCUT2D eigenvalue weighted by molar-refractivity contribution is 0.0294. The van der Waals surface area contributed by atoms with Crippen LogP contribution in [0, 0.1) is 26.7 Å². The predicted molar refractivity (Wildman–Crippen MR) is 72.0 cm³/mol. The molecule has 0 saturated carbocycles. The fourth-order valence-corrected chi connectivity index (χ4v) is 1.36. The Bertz CT molecular complexity index is 463. The van der Waals surface area contributed by atoms with Crippen LogP contribution >= 0.6 is 11.6 Å². The lowest BCUT2D eigenvalue weighted by Crippen LogP contribution is -2.19. The number of aryl methyl sites for hydroxylation is 3. The van der Waals surface area contributed by atoms with Crippen LogP contribution in [0.1, 0.15) is 36.6 Å². The maximum atomic E-state index is 11.4. The first-order valence-electron chi connectivity index (χ1n) is 6.09. The monoisotopic (exact) mass is 286 g/mol. The van der Waals surface area contributed by atoms with Crippen LogP contribution in [0.15, 0.2) is 0 Å². The van der Waals surface area contributed by atoms with Crippen LogP contribution in [0.2, 0.25) is 0 Å². The Morgan fingerprint density at radius 3 is 2.32 bits per heavy atom. The minimum absolute atomic E-state index is 0.0253. The van der Waals surface area contributed by atoms with Crippen molar-refractivity contribution in [2.75, 3.05) is 0 Å². The van der Waals surface area contributed by atoms with Crippen molar-refractivity contribution in [1.82, 2.24) is 9.97 Å². The molecule has 0 saturated heterocycles. The maximum absolute atomic E-state index is 11.4. The molecule has 0 spiro atoms. The van der Waals surface area contributed by atoms with Crippen LogP contribution in [-0.4, -0.2) is 21.7 Å². The van der Waals surface area contributed by atoms with Crippen LogP contribution in [0.3, 0.4) is 0 Å². The third-order valence-electron chi connectivity index (χ3n) is 2.64. The number of rotatable bonds is 4. The van der Waals surface area contributed by atoms with Gasteiger partial charge >= 0.3 is 6.16 Å². The molecule has 0 aliphatic rings. The van der Waals surface area contributed by atoms with Gasteiger partial charge in [0.2, 0.25) is 0 Å². The Labute approximate surface area is 118 Å². The summed E-state index contributed by atoms with van der Waals surface area (Å²) in [6.45, 7) is 9.29. The van der Waals surface area contributed by atoms with Gasteiger partial charge in [-0.2, -0.15) is 0 Å². The molecule has 106 valence electrons. The molecule has 0 bridgehead atoms. The van der Waals surface area contributed by atoms with Gasteiger partial charge in [-0.3, -0.25) is 9.97 Å². The summed E-state index contributed by atoms with van der Waals surface area (Å²) in [6.07, 6.45) is -0.798. The first-order valence-corrected chi connectivity index (χ1v) is 6.53. The van der Waals surface area contributed by atoms with Gasteiger partial charge in [-0.15, -0.1) is 0 Å². The van der Waals surface area contributed by atoms with E-state index in [4.69, 9.17) is 21.1 Å². The Morgan fingerprint density at radius 1 is 1.16 bits per heavy atom. The molecule has 19 heavy (non-hydrogen) atoms. The van der Waals surface area contributed by atoms with Gasteiger partial charge in [0.25, 0.3) is 0 Å². The Balaban J connectivity index is 2.58. The van der Waals surface area contributed by atoms with E-state index in [1.165, 1.54) is 0 Å². The minimum atomic E-state index is -0.798. The first-order chi connectivity index (χ1) is 8.81. The second-order valence-corrected chi connectivity index (χ2v) is 5.11. The summed E-state index contributed by atoms with van der Waals surface area (Å²) in [4.78, 5) is 20.1. The molecule has 0 N–H and O–H groups in total. The standard InChI is InChI=1S/C13H19ClN2O3/c1-7(2)12(14)19-13(17)18-6-11-10(5)15-8(3)9(4)16-11/h7,12H,6H2,1-5H3. The average Bonchev–Trinajstić information content (AvgIpc) is 2.32. The molecule has 1 aromatic rings. The largest absolute Gasteiger partial charge is 0.510 e. The number of halogens is 1. The summed E-state index contributed by atoms with van der Waals surface area (Å²) in [5.74, 6) is 0.0253. The molecular formula is C13H19ClN2O3. The van der Waals surface area contributed by atoms with Crippen molar-refractivity contribution in [1.29, 1.82) is 0 Å². The molecule has 0 radical (unpaired) electrons. The smallest absolute Gasteiger partial charge is 0.428 e. The predicted octanol–water partition coefficient (Wildman–Crippen LogP) is 3.28. The fourth-order valence-electron chi connectivity index (χ4n) is 1.29. The molecule has 0 amide bonds. The van der Waals surface area contributed by atoms with Crippen LogP contribution in [0.25, 0.3) is 0 Å². The SMILES string of the molecule is Cc1nc(C)c(COC(=O)OC(Cl)C(C)C)nc1C. The van der Waals surface area contributed by atoms with Gasteiger partial charge in [0, 0.05) is 5.92 Å². The van der Waals surface area contributed by atoms with E-state index in [1.807, 2.05) is 34.6 Å². The number of aromatic nitrogens is 2. The van der Waals surface area contributed by atoms with Crippen molar-refractivity contribution in [3.63, 3.8) is 0 Å². The summed E-state index contributed by atoms with van der Waals surface area (Å²) in [5.41, 5.74) is 2.34. The van der Waals surface area contributed by atoms with Crippen molar-refractivity contribution in [2.24, 2.45) is 5.92 Å². The molecule has 0 aliphatic carbocycles. The zero-order valence-corrected chi connectivity index (χ0v) is 12.6. The van der Waals surface area contributed by atoms with E-state index in [1.54, 1.807) is 0 Å². The summed E-state index contributed by atoms with van der Waals surface area (Å²) in [6, 6.07) is 0. The van der Waals surface area contributed by atoms with Crippen LogP contribution in [-0.2, 0) is 16.1 Å². The highest BCUT2D eigenvalue weighted by atomic mass is 35.5. The van der Waals surface area contributed by atoms with Gasteiger partial charge in [0.15, 0.2) is 5.56 Å². The van der Waals surface area contributed by atoms with E-state index < -0.39 is 11.7 Å². The van der Waals surface area contributed by atoms with Crippen molar-refractivity contribution in [3.8, 4) is 0 Å². The van der Waals surface area contributed by atoms with Gasteiger partial charge in [-0.1, -0.05) is 25.4 Å². The number of hydrogen-bond acceptors (Lipinski definition) is 5. The summed E-state index contributed by atoms with van der Waals surface area (Å²) < 4.78 is 9.86. The quantitative estimate of drug-likeness (QED) is 0.628. The second-order valence-electron chi connectivity index (χ2n) is 4.68. The summed E-state index contributed by atoms with van der Waals surface area (Å²) >= 11 is 5.82. The third kappa shape index (κ3) is 4.67. The van der Waals surface area contributed by atoms with Crippen LogP contribution < -0.4 is 0 Å². The highest BCUT2D eigenvalue weighted by Crippen LogP contribution is 2.13. The molecule has 0 fully saturated rings. The third-order valence-corrected chi connectivity index (χ3v) is 3.23. The molecule has 6 heteroatoms. The number of carbonyl (C=O) groups excluding carboxylic acids is 1. The van der Waals surface area contributed by atoms with Crippen LogP contribution in [0.5, 0.6) is 0 Å². The lowest BCUT2D eigenvalue weighted by atomic mass is 10.2. The van der Waals surface area contributed by atoms with E-state index in [9.17, 15) is 4.79 Å². The first kappa shape index (κ1) is 15.7. The van der Waals surface area contributed by atoms with Gasteiger partial charge < -0.3 is 9.47 Å².